The van der Waals surface area contributed by atoms with Gasteiger partial charge in [0, 0.05) is 11.6 Å². The van der Waals surface area contributed by atoms with Crippen molar-refractivity contribution < 1.29 is 33.4 Å². The van der Waals surface area contributed by atoms with Gasteiger partial charge in [-0.15, -0.1) is 0 Å². The number of allylic oxidation sites excluding steroid dienone is 2. The molecule has 7 nitrogen and oxygen atoms in total. The van der Waals surface area contributed by atoms with Crippen molar-refractivity contribution in [1.82, 2.24) is 0 Å². The molecule has 0 atom stereocenters. The second-order valence-electron chi connectivity index (χ2n) is 7.68. The zero-order valence-corrected chi connectivity index (χ0v) is 17.4. The maximum atomic E-state index is 13.0. The van der Waals surface area contributed by atoms with Gasteiger partial charge in [-0.1, -0.05) is 58.0 Å². The van der Waals surface area contributed by atoms with Crippen molar-refractivity contribution in [1.29, 1.82) is 0 Å². The molecule has 0 heterocycles. The quantitative estimate of drug-likeness (QED) is 0.280. The zero-order valence-electron chi connectivity index (χ0n) is 17.4. The van der Waals surface area contributed by atoms with Crippen molar-refractivity contribution in [2.24, 2.45) is 11.8 Å². The molecule has 0 bridgehead atoms. The van der Waals surface area contributed by atoms with Gasteiger partial charge in [0.25, 0.3) is 0 Å². The lowest BCUT2D eigenvalue weighted by molar-refractivity contribution is -0.143. The van der Waals surface area contributed by atoms with Crippen LogP contribution in [0.25, 0.3) is 0 Å². The fraction of sp³-hybridized carbons (Fsp3) is 0.348. The average Bonchev–Trinajstić information content (AvgIpc) is 2.71. The van der Waals surface area contributed by atoms with Crippen LogP contribution in [0.2, 0.25) is 0 Å². The van der Waals surface area contributed by atoms with Crippen LogP contribution in [-0.2, 0) is 28.7 Å². The largest absolute Gasteiger partial charge is 0.462 e. The van der Waals surface area contributed by atoms with E-state index in [4.69, 9.17) is 9.47 Å². The molecule has 0 radical (unpaired) electrons. The van der Waals surface area contributed by atoms with E-state index in [-0.39, 0.29) is 30.6 Å². The molecule has 0 saturated carbocycles. The van der Waals surface area contributed by atoms with Gasteiger partial charge < -0.3 is 9.47 Å². The van der Waals surface area contributed by atoms with Gasteiger partial charge in [0.1, 0.15) is 11.1 Å². The van der Waals surface area contributed by atoms with Crippen LogP contribution >= 0.6 is 0 Å². The lowest BCUT2D eigenvalue weighted by Gasteiger charge is -2.18. The van der Waals surface area contributed by atoms with E-state index in [0.29, 0.717) is 0 Å². The van der Waals surface area contributed by atoms with E-state index >= 15 is 0 Å². The summed E-state index contributed by atoms with van der Waals surface area (Å²) >= 11 is 0. The lowest BCUT2D eigenvalue weighted by atomic mass is 9.85. The molecule has 0 amide bonds. The molecule has 0 saturated heterocycles. The Morgan fingerprint density at radius 3 is 1.87 bits per heavy atom. The number of esters is 2. The monoisotopic (exact) mass is 412 g/mol. The van der Waals surface area contributed by atoms with Crippen LogP contribution in [0.4, 0.5) is 0 Å². The molecule has 1 aromatic rings. The predicted octanol–water partition coefficient (Wildman–Crippen LogP) is 2.64. The molecule has 0 N–H and O–H groups in total. The minimum atomic E-state index is -1.08. The first-order valence-electron chi connectivity index (χ1n) is 9.62. The van der Waals surface area contributed by atoms with Gasteiger partial charge in [0.15, 0.2) is 11.6 Å². The van der Waals surface area contributed by atoms with Crippen molar-refractivity contribution in [3.05, 3.63) is 58.7 Å². The van der Waals surface area contributed by atoms with Gasteiger partial charge in [-0.2, -0.15) is 0 Å². The van der Waals surface area contributed by atoms with Gasteiger partial charge in [-0.3, -0.25) is 14.4 Å². The highest BCUT2D eigenvalue weighted by Crippen LogP contribution is 2.25. The summed E-state index contributed by atoms with van der Waals surface area (Å²) in [5.41, 5.74) is -1.84. The Morgan fingerprint density at radius 2 is 1.33 bits per heavy atom. The molecule has 1 aliphatic carbocycles. The van der Waals surface area contributed by atoms with Crippen molar-refractivity contribution in [3.8, 4) is 0 Å². The Bertz CT molecular complexity index is 934. The maximum absolute atomic E-state index is 13.0. The Hall–Kier alpha value is -3.35. The number of benzene rings is 1. The van der Waals surface area contributed by atoms with Crippen LogP contribution in [-0.4, -0.2) is 42.5 Å². The van der Waals surface area contributed by atoms with Gasteiger partial charge in [-0.05, 0) is 11.8 Å². The van der Waals surface area contributed by atoms with Crippen LogP contribution in [0, 0.1) is 11.8 Å². The first-order valence-corrected chi connectivity index (χ1v) is 9.62. The van der Waals surface area contributed by atoms with E-state index in [9.17, 15) is 24.0 Å². The normalized spacial score (nSPS) is 14.1. The van der Waals surface area contributed by atoms with Gasteiger partial charge in [0.05, 0.1) is 18.8 Å². The second-order valence-corrected chi connectivity index (χ2v) is 7.68. The smallest absolute Gasteiger partial charge is 0.343 e. The van der Waals surface area contributed by atoms with Crippen molar-refractivity contribution in [2.45, 2.75) is 27.7 Å². The summed E-state index contributed by atoms with van der Waals surface area (Å²) in [5.74, 6) is -4.93. The molecule has 30 heavy (non-hydrogen) atoms. The van der Waals surface area contributed by atoms with Crippen LogP contribution in [0.3, 0.4) is 0 Å². The van der Waals surface area contributed by atoms with Crippen molar-refractivity contribution in [3.63, 3.8) is 0 Å². The Labute approximate surface area is 174 Å². The number of carbonyl (C=O) groups excluding carboxylic acids is 5. The van der Waals surface area contributed by atoms with Crippen molar-refractivity contribution in [2.75, 3.05) is 13.2 Å². The minimum Gasteiger partial charge on any atom is -0.462 e. The number of hydrogen-bond acceptors (Lipinski definition) is 7. The third-order valence-electron chi connectivity index (χ3n) is 4.03. The molecule has 0 spiro atoms. The third kappa shape index (κ3) is 5.37. The standard InChI is InChI=1S/C23H24O7/c1-13(2)11-29-22(27)16-10-17(24)18(23(28)30-12-14(3)4)19(21(16)26)20(25)15-8-6-5-7-9-15/h5-10,13-14H,11-12H2,1-4H3. The lowest BCUT2D eigenvalue weighted by Crippen LogP contribution is -2.33. The van der Waals surface area contributed by atoms with Crippen LogP contribution in [0.1, 0.15) is 38.1 Å². The molecule has 0 fully saturated rings. The topological polar surface area (TPSA) is 104 Å². The summed E-state index contributed by atoms with van der Waals surface area (Å²) < 4.78 is 10.1. The van der Waals surface area contributed by atoms with E-state index in [2.05, 4.69) is 0 Å². The molecule has 1 aliphatic rings. The number of ketones is 3. The summed E-state index contributed by atoms with van der Waals surface area (Å²) in [6.07, 6.45) is 0.735. The number of Topliss-reactive ketones (excluding diaryl/α,β-unsaturated/α-hetero) is 2. The minimum absolute atomic E-state index is 0.00358. The fourth-order valence-electron chi connectivity index (χ4n) is 2.58. The van der Waals surface area contributed by atoms with Gasteiger partial charge in [-0.25, -0.2) is 9.59 Å². The highest BCUT2D eigenvalue weighted by Gasteiger charge is 2.40. The number of carbonyl (C=O) groups is 5. The molecule has 1 aromatic carbocycles. The van der Waals surface area contributed by atoms with Crippen LogP contribution in [0.15, 0.2) is 53.1 Å². The summed E-state index contributed by atoms with van der Waals surface area (Å²) in [6.45, 7) is 7.25. The van der Waals surface area contributed by atoms with Crippen LogP contribution in [0.5, 0.6) is 0 Å². The zero-order chi connectivity index (χ0) is 22.4. The number of ether oxygens (including phenoxy) is 2. The van der Waals surface area contributed by atoms with E-state index < -0.39 is 46.0 Å². The molecular weight excluding hydrogens is 388 g/mol. The van der Waals surface area contributed by atoms with E-state index in [1.165, 1.54) is 12.1 Å². The molecule has 158 valence electrons. The van der Waals surface area contributed by atoms with Crippen molar-refractivity contribution >= 4 is 29.3 Å². The predicted molar refractivity (Wildman–Crippen MR) is 107 cm³/mol. The first kappa shape index (κ1) is 22.9. The molecular formula is C23H24O7. The molecule has 0 aliphatic heterocycles. The maximum Gasteiger partial charge on any atom is 0.343 e. The summed E-state index contributed by atoms with van der Waals surface area (Å²) in [4.78, 5) is 63.6. The summed E-state index contributed by atoms with van der Waals surface area (Å²) in [7, 11) is 0. The number of hydrogen-bond donors (Lipinski definition) is 0. The van der Waals surface area contributed by atoms with E-state index in [1.807, 2.05) is 13.8 Å². The Balaban J connectivity index is 2.50. The summed E-state index contributed by atoms with van der Waals surface area (Å²) in [6, 6.07) is 7.71. The molecule has 2 rings (SSSR count). The highest BCUT2D eigenvalue weighted by molar-refractivity contribution is 6.46. The van der Waals surface area contributed by atoms with Gasteiger partial charge in [0.2, 0.25) is 5.78 Å². The second kappa shape index (κ2) is 9.91. The Morgan fingerprint density at radius 1 is 0.800 bits per heavy atom. The number of rotatable bonds is 8. The fourth-order valence-corrected chi connectivity index (χ4v) is 2.58. The molecule has 0 unspecified atom stereocenters. The van der Waals surface area contributed by atoms with E-state index in [0.717, 1.165) is 6.08 Å². The summed E-state index contributed by atoms with van der Waals surface area (Å²) in [5, 5.41) is 0. The Kier molecular flexibility index (Phi) is 7.58. The van der Waals surface area contributed by atoms with Crippen LogP contribution < -0.4 is 0 Å². The molecule has 7 heteroatoms. The average molecular weight is 412 g/mol. The van der Waals surface area contributed by atoms with E-state index in [1.54, 1.807) is 32.0 Å². The first-order chi connectivity index (χ1) is 14.1. The highest BCUT2D eigenvalue weighted by atomic mass is 16.5. The molecule has 0 aromatic heterocycles. The third-order valence-corrected chi connectivity index (χ3v) is 4.03. The van der Waals surface area contributed by atoms with Gasteiger partial charge >= 0.3 is 11.9 Å². The SMILES string of the molecule is CC(C)COC(=O)C1=CC(=O)C(C(=O)OCC(C)C)=C(C(=O)c2ccccc2)C1=O.